The van der Waals surface area contributed by atoms with Crippen molar-refractivity contribution in [2.45, 2.75) is 18.0 Å². The summed E-state index contributed by atoms with van der Waals surface area (Å²) >= 11 is 5.97. The van der Waals surface area contributed by atoms with Crippen LogP contribution in [0.1, 0.15) is 11.1 Å². The van der Waals surface area contributed by atoms with Gasteiger partial charge in [0.15, 0.2) is 0 Å². The Hall–Kier alpha value is -1.51. The van der Waals surface area contributed by atoms with Crippen molar-refractivity contribution in [2.24, 2.45) is 0 Å². The van der Waals surface area contributed by atoms with E-state index in [-0.39, 0.29) is 23.8 Å². The minimum absolute atomic E-state index is 0.185. The molecule has 0 aliphatic heterocycles. The summed E-state index contributed by atoms with van der Waals surface area (Å²) in [6, 6.07) is 11.0. The number of hydrogen-bond donors (Lipinski definition) is 2. The number of sulfonamides is 1. The minimum Gasteiger partial charge on any atom is -0.383 e. The molecule has 2 aromatic carbocycles. The molecule has 2 N–H and O–H groups in total. The lowest BCUT2D eigenvalue weighted by Gasteiger charge is -2.09. The Labute approximate surface area is 152 Å². The van der Waals surface area contributed by atoms with Crippen molar-refractivity contribution in [1.82, 2.24) is 10.0 Å². The second kappa shape index (κ2) is 9.26. The van der Waals surface area contributed by atoms with Crippen LogP contribution >= 0.6 is 11.6 Å². The fourth-order valence-electron chi connectivity index (χ4n) is 2.18. The van der Waals surface area contributed by atoms with E-state index in [0.29, 0.717) is 23.7 Å². The molecule has 0 bridgehead atoms. The predicted octanol–water partition coefficient (Wildman–Crippen LogP) is 2.69. The van der Waals surface area contributed by atoms with Gasteiger partial charge in [0.25, 0.3) is 0 Å². The van der Waals surface area contributed by atoms with Crippen LogP contribution in [0.25, 0.3) is 0 Å². The summed E-state index contributed by atoms with van der Waals surface area (Å²) in [6.07, 6.45) is 0. The Balaban J connectivity index is 1.92. The van der Waals surface area contributed by atoms with Crippen LogP contribution in [0.15, 0.2) is 47.4 Å². The van der Waals surface area contributed by atoms with E-state index in [1.807, 2.05) is 0 Å². The number of benzene rings is 2. The van der Waals surface area contributed by atoms with Gasteiger partial charge in [0.2, 0.25) is 10.0 Å². The molecular weight excluding hydrogens is 367 g/mol. The first-order valence-corrected chi connectivity index (χ1v) is 9.51. The third kappa shape index (κ3) is 5.76. The molecule has 5 nitrogen and oxygen atoms in total. The first kappa shape index (κ1) is 19.8. The number of halogens is 2. The molecule has 8 heteroatoms. The van der Waals surface area contributed by atoms with Gasteiger partial charge in [0.05, 0.1) is 11.5 Å². The van der Waals surface area contributed by atoms with Crippen LogP contribution in [0.4, 0.5) is 4.39 Å². The Morgan fingerprint density at radius 2 is 1.84 bits per heavy atom. The number of methoxy groups -OCH3 is 1. The highest BCUT2D eigenvalue weighted by Gasteiger charge is 2.13. The molecule has 0 aromatic heterocycles. The van der Waals surface area contributed by atoms with Crippen LogP contribution in [0.2, 0.25) is 5.02 Å². The van der Waals surface area contributed by atoms with Crippen molar-refractivity contribution >= 4 is 21.6 Å². The summed E-state index contributed by atoms with van der Waals surface area (Å²) in [6.45, 7) is 1.26. The predicted molar refractivity (Wildman–Crippen MR) is 95.5 cm³/mol. The van der Waals surface area contributed by atoms with Crippen molar-refractivity contribution in [3.63, 3.8) is 0 Å². The van der Waals surface area contributed by atoms with Crippen LogP contribution in [0, 0.1) is 5.82 Å². The fraction of sp³-hybridized carbons (Fsp3) is 0.294. The topological polar surface area (TPSA) is 67.4 Å². The van der Waals surface area contributed by atoms with Gasteiger partial charge < -0.3 is 10.1 Å². The Morgan fingerprint density at radius 1 is 1.12 bits per heavy atom. The lowest BCUT2D eigenvalue weighted by atomic mass is 10.2. The summed E-state index contributed by atoms with van der Waals surface area (Å²) in [5, 5.41) is 3.47. The summed E-state index contributed by atoms with van der Waals surface area (Å²) < 4.78 is 45.1. The number of nitrogens with one attached hydrogen (secondary N) is 2. The zero-order valence-corrected chi connectivity index (χ0v) is 15.3. The van der Waals surface area contributed by atoms with Crippen molar-refractivity contribution in [3.8, 4) is 0 Å². The van der Waals surface area contributed by atoms with Gasteiger partial charge in [-0.2, -0.15) is 0 Å². The van der Waals surface area contributed by atoms with E-state index < -0.39 is 10.0 Å². The molecule has 2 aromatic rings. The first-order chi connectivity index (χ1) is 11.9. The molecule has 0 aliphatic rings. The summed E-state index contributed by atoms with van der Waals surface area (Å²) in [7, 11) is -2.04. The second-order valence-corrected chi connectivity index (χ2v) is 7.51. The van der Waals surface area contributed by atoms with Crippen molar-refractivity contribution < 1.29 is 17.5 Å². The maximum absolute atomic E-state index is 13.7. The standard InChI is InChI=1S/C17H20ClFN2O3S/c1-24-10-9-21-25(22,23)14-7-5-13(6-8-14)11-20-12-15-16(18)3-2-4-17(15)19/h2-8,20-21H,9-12H2,1H3. The molecule has 0 unspecified atom stereocenters. The maximum Gasteiger partial charge on any atom is 0.240 e. The van der Waals surface area contributed by atoms with Gasteiger partial charge in [-0.1, -0.05) is 29.8 Å². The zero-order chi connectivity index (χ0) is 18.3. The van der Waals surface area contributed by atoms with E-state index in [2.05, 4.69) is 10.0 Å². The van der Waals surface area contributed by atoms with E-state index >= 15 is 0 Å². The Kier molecular flexibility index (Phi) is 7.34. The highest BCUT2D eigenvalue weighted by molar-refractivity contribution is 7.89. The Morgan fingerprint density at radius 3 is 2.48 bits per heavy atom. The fourth-order valence-corrected chi connectivity index (χ4v) is 3.42. The number of hydrogen-bond acceptors (Lipinski definition) is 4. The summed E-state index contributed by atoms with van der Waals surface area (Å²) in [5.41, 5.74) is 1.29. The number of ether oxygens (including phenoxy) is 1. The first-order valence-electron chi connectivity index (χ1n) is 7.65. The van der Waals surface area contributed by atoms with Crippen molar-refractivity contribution in [2.75, 3.05) is 20.3 Å². The third-order valence-corrected chi connectivity index (χ3v) is 5.36. The van der Waals surface area contributed by atoms with Gasteiger partial charge in [-0.05, 0) is 29.8 Å². The third-order valence-electron chi connectivity index (χ3n) is 3.52. The molecular formula is C17H20ClFN2O3S. The molecule has 0 fully saturated rings. The SMILES string of the molecule is COCCNS(=O)(=O)c1ccc(CNCc2c(F)cccc2Cl)cc1. The molecule has 0 radical (unpaired) electrons. The van der Waals surface area contributed by atoms with Gasteiger partial charge >= 0.3 is 0 Å². The van der Waals surface area contributed by atoms with Crippen molar-refractivity contribution in [1.29, 1.82) is 0 Å². The molecule has 0 aliphatic carbocycles. The second-order valence-electron chi connectivity index (χ2n) is 5.34. The molecule has 2 rings (SSSR count). The molecule has 0 amide bonds. The molecule has 0 heterocycles. The van der Waals surface area contributed by atoms with Crippen LogP contribution < -0.4 is 10.0 Å². The number of rotatable bonds is 9. The molecule has 0 atom stereocenters. The maximum atomic E-state index is 13.7. The van der Waals surface area contributed by atoms with E-state index in [4.69, 9.17) is 16.3 Å². The molecule has 0 saturated heterocycles. The lowest BCUT2D eigenvalue weighted by molar-refractivity contribution is 0.204. The van der Waals surface area contributed by atoms with E-state index in [0.717, 1.165) is 5.56 Å². The zero-order valence-electron chi connectivity index (χ0n) is 13.8. The minimum atomic E-state index is -3.54. The smallest absolute Gasteiger partial charge is 0.240 e. The molecule has 0 saturated carbocycles. The van der Waals surface area contributed by atoms with Gasteiger partial charge in [-0.15, -0.1) is 0 Å². The summed E-state index contributed by atoms with van der Waals surface area (Å²) in [4.78, 5) is 0.185. The van der Waals surface area contributed by atoms with Gasteiger partial charge in [0, 0.05) is 37.3 Å². The molecule has 0 spiro atoms. The van der Waals surface area contributed by atoms with Gasteiger partial charge in [-0.3, -0.25) is 0 Å². The summed E-state index contributed by atoms with van der Waals surface area (Å²) in [5.74, 6) is -0.358. The highest BCUT2D eigenvalue weighted by Crippen LogP contribution is 2.18. The molecule has 25 heavy (non-hydrogen) atoms. The largest absolute Gasteiger partial charge is 0.383 e. The van der Waals surface area contributed by atoms with Crippen molar-refractivity contribution in [3.05, 3.63) is 64.4 Å². The van der Waals surface area contributed by atoms with Gasteiger partial charge in [-0.25, -0.2) is 17.5 Å². The van der Waals surface area contributed by atoms with E-state index in [1.165, 1.54) is 25.3 Å². The average Bonchev–Trinajstić information content (AvgIpc) is 2.58. The van der Waals surface area contributed by atoms with Crippen LogP contribution in [0.5, 0.6) is 0 Å². The lowest BCUT2D eigenvalue weighted by Crippen LogP contribution is -2.27. The van der Waals surface area contributed by atoms with Gasteiger partial charge in [0.1, 0.15) is 5.82 Å². The highest BCUT2D eigenvalue weighted by atomic mass is 35.5. The van der Waals surface area contributed by atoms with Crippen LogP contribution in [-0.4, -0.2) is 28.7 Å². The van der Waals surface area contributed by atoms with E-state index in [9.17, 15) is 12.8 Å². The Bertz CT molecular complexity index is 778. The van der Waals surface area contributed by atoms with Crippen LogP contribution in [0.3, 0.4) is 0 Å². The molecule has 136 valence electrons. The van der Waals surface area contributed by atoms with Crippen LogP contribution in [-0.2, 0) is 27.8 Å². The average molecular weight is 387 g/mol. The monoisotopic (exact) mass is 386 g/mol. The quantitative estimate of drug-likeness (QED) is 0.650. The normalized spacial score (nSPS) is 11.6. The van der Waals surface area contributed by atoms with E-state index in [1.54, 1.807) is 24.3 Å².